The molecule has 1 aliphatic heterocycles. The Hall–Kier alpha value is -3.24. The van der Waals surface area contributed by atoms with Crippen molar-refractivity contribution in [1.29, 1.82) is 0 Å². The number of carbonyl (C=O) groups is 2. The molecule has 0 bridgehead atoms. The number of likely N-dealkylation sites (N-methyl/N-ethyl adjacent to an activating group) is 1. The molecule has 0 aliphatic carbocycles. The minimum absolute atomic E-state index is 0.0911. The number of anilines is 1. The zero-order valence-electron chi connectivity index (χ0n) is 22.3. The first kappa shape index (κ1) is 27.8. The molecule has 2 amide bonds. The second-order valence-corrected chi connectivity index (χ2v) is 11.7. The lowest BCUT2D eigenvalue weighted by atomic mass is 9.87. The second-order valence-electron chi connectivity index (χ2n) is 10.6. The maximum Gasteiger partial charge on any atom is 0.240 e. The van der Waals surface area contributed by atoms with Crippen molar-refractivity contribution in [2.75, 3.05) is 44.4 Å². The van der Waals surface area contributed by atoms with E-state index in [1.54, 1.807) is 22.9 Å². The lowest BCUT2D eigenvalue weighted by molar-refractivity contribution is -0.122. The molecule has 1 atom stereocenters. The Morgan fingerprint density at radius 3 is 2.47 bits per heavy atom. The van der Waals surface area contributed by atoms with Gasteiger partial charge in [-0.05, 0) is 56.1 Å². The zero-order chi connectivity index (χ0) is 27.6. The van der Waals surface area contributed by atoms with Gasteiger partial charge in [-0.1, -0.05) is 32.9 Å². The Bertz CT molecular complexity index is 1320. The molecule has 0 saturated heterocycles. The average Bonchev–Trinajstić information content (AvgIpc) is 3.17. The highest BCUT2D eigenvalue weighted by atomic mass is 32.2. The van der Waals surface area contributed by atoms with Crippen LogP contribution < -0.4 is 10.2 Å². The van der Waals surface area contributed by atoms with Crippen LogP contribution in [0, 0.1) is 11.6 Å². The van der Waals surface area contributed by atoms with Gasteiger partial charge in [0.05, 0.1) is 22.4 Å². The summed E-state index contributed by atoms with van der Waals surface area (Å²) in [7, 11) is 3.83. The van der Waals surface area contributed by atoms with Gasteiger partial charge in [-0.3, -0.25) is 14.5 Å². The fourth-order valence-corrected chi connectivity index (χ4v) is 5.57. The first-order chi connectivity index (χ1) is 18.0. The van der Waals surface area contributed by atoms with Crippen LogP contribution in [-0.4, -0.2) is 66.0 Å². The number of aromatic nitrogens is 2. The third-order valence-electron chi connectivity index (χ3n) is 6.20. The Labute approximate surface area is 226 Å². The predicted octanol–water partition coefficient (Wildman–Crippen LogP) is 4.30. The highest BCUT2D eigenvalue weighted by Crippen LogP contribution is 2.48. The summed E-state index contributed by atoms with van der Waals surface area (Å²) in [5, 5.41) is 7.40. The van der Waals surface area contributed by atoms with Crippen molar-refractivity contribution in [3.8, 4) is 5.69 Å². The van der Waals surface area contributed by atoms with Crippen LogP contribution >= 0.6 is 11.8 Å². The van der Waals surface area contributed by atoms with Gasteiger partial charge in [-0.25, -0.2) is 13.5 Å². The van der Waals surface area contributed by atoms with Crippen molar-refractivity contribution < 1.29 is 18.4 Å². The van der Waals surface area contributed by atoms with Gasteiger partial charge in [-0.2, -0.15) is 5.10 Å². The number of fused-ring (bicyclic) bond motifs is 1. The van der Waals surface area contributed by atoms with E-state index in [0.717, 1.165) is 5.56 Å². The average molecular weight is 542 g/mol. The smallest absolute Gasteiger partial charge is 0.240 e. The maximum absolute atomic E-state index is 14.3. The van der Waals surface area contributed by atoms with Crippen LogP contribution in [0.1, 0.15) is 42.8 Å². The first-order valence-electron chi connectivity index (χ1n) is 12.4. The van der Waals surface area contributed by atoms with Crippen molar-refractivity contribution in [1.82, 2.24) is 20.0 Å². The molecular weight excluding hydrogens is 508 g/mol. The fourth-order valence-electron chi connectivity index (χ4n) is 4.39. The lowest BCUT2D eigenvalue weighted by Gasteiger charge is -2.24. The summed E-state index contributed by atoms with van der Waals surface area (Å²) in [4.78, 5) is 30.0. The number of thioether (sulfide) groups is 1. The molecule has 10 heteroatoms. The number of nitrogens with one attached hydrogen (secondary N) is 1. The molecule has 1 unspecified atom stereocenters. The van der Waals surface area contributed by atoms with E-state index in [1.165, 1.54) is 40.9 Å². The molecule has 2 heterocycles. The van der Waals surface area contributed by atoms with Crippen LogP contribution in [0.25, 0.3) is 5.69 Å². The molecule has 4 rings (SSSR count). The number of halogens is 2. The number of nitrogens with zero attached hydrogens (tertiary/aromatic N) is 4. The van der Waals surface area contributed by atoms with E-state index < -0.39 is 16.5 Å². The Morgan fingerprint density at radius 1 is 1.13 bits per heavy atom. The second kappa shape index (κ2) is 11.2. The topological polar surface area (TPSA) is 70.5 Å². The molecule has 1 aromatic heterocycles. The molecule has 0 spiro atoms. The van der Waals surface area contributed by atoms with E-state index in [0.29, 0.717) is 35.9 Å². The Morgan fingerprint density at radius 2 is 1.84 bits per heavy atom. The summed E-state index contributed by atoms with van der Waals surface area (Å²) in [6.07, 6.45) is 0. The number of benzene rings is 2. The number of amides is 2. The van der Waals surface area contributed by atoms with Gasteiger partial charge in [0.15, 0.2) is 0 Å². The standard InChI is InChI=1S/C28H33F2N5O2S/c1-28(2,3)26-24-25(18-7-6-8-20(30)15-18)38-17-23(37)34(16-22(36)31-13-14-33(4)5)27(24)35(32-26)21-11-9-19(29)10-12-21/h6-12,15,25H,13-14,16-17H2,1-5H3,(H,31,36). The monoisotopic (exact) mass is 541 g/mol. The van der Waals surface area contributed by atoms with Crippen molar-refractivity contribution in [2.45, 2.75) is 31.4 Å². The number of carbonyl (C=O) groups excluding carboxylic acids is 2. The van der Waals surface area contributed by atoms with E-state index in [4.69, 9.17) is 5.10 Å². The molecule has 2 aromatic carbocycles. The van der Waals surface area contributed by atoms with Gasteiger partial charge >= 0.3 is 0 Å². The number of rotatable bonds is 7. The summed E-state index contributed by atoms with van der Waals surface area (Å²) < 4.78 is 29.8. The van der Waals surface area contributed by atoms with Gasteiger partial charge in [0, 0.05) is 24.1 Å². The van der Waals surface area contributed by atoms with Gasteiger partial charge in [0.25, 0.3) is 0 Å². The first-order valence-corrected chi connectivity index (χ1v) is 13.5. The Balaban J connectivity index is 1.92. The van der Waals surface area contributed by atoms with E-state index in [-0.39, 0.29) is 29.9 Å². The zero-order valence-corrected chi connectivity index (χ0v) is 23.1. The molecule has 1 N–H and O–H groups in total. The molecule has 38 heavy (non-hydrogen) atoms. The third kappa shape index (κ3) is 6.07. The molecular formula is C28H33F2N5O2S. The van der Waals surface area contributed by atoms with Crippen LogP contribution in [-0.2, 0) is 15.0 Å². The van der Waals surface area contributed by atoms with Crippen molar-refractivity contribution in [3.05, 3.63) is 77.0 Å². The van der Waals surface area contributed by atoms with E-state index >= 15 is 0 Å². The van der Waals surface area contributed by atoms with Gasteiger partial charge in [-0.15, -0.1) is 11.8 Å². The highest BCUT2D eigenvalue weighted by Gasteiger charge is 2.40. The summed E-state index contributed by atoms with van der Waals surface area (Å²) >= 11 is 1.38. The Kier molecular flexibility index (Phi) is 8.22. The molecule has 0 fully saturated rings. The minimum atomic E-state index is -0.450. The van der Waals surface area contributed by atoms with E-state index in [9.17, 15) is 18.4 Å². The van der Waals surface area contributed by atoms with Crippen LogP contribution in [0.4, 0.5) is 14.6 Å². The summed E-state index contributed by atoms with van der Waals surface area (Å²) in [5.41, 5.74) is 2.25. The quantitative estimate of drug-likeness (QED) is 0.483. The summed E-state index contributed by atoms with van der Waals surface area (Å²) in [6, 6.07) is 12.2. The van der Waals surface area contributed by atoms with Gasteiger partial charge in [0.1, 0.15) is 24.0 Å². The van der Waals surface area contributed by atoms with Crippen molar-refractivity contribution in [3.63, 3.8) is 0 Å². The fraction of sp³-hybridized carbons (Fsp3) is 0.393. The highest BCUT2D eigenvalue weighted by molar-refractivity contribution is 8.00. The molecule has 3 aromatic rings. The molecule has 1 aliphatic rings. The third-order valence-corrected chi connectivity index (χ3v) is 7.46. The normalized spacial score (nSPS) is 15.9. The van der Waals surface area contributed by atoms with E-state index in [2.05, 4.69) is 5.32 Å². The van der Waals surface area contributed by atoms with Gasteiger partial charge < -0.3 is 10.2 Å². The van der Waals surface area contributed by atoms with E-state index in [1.807, 2.05) is 45.8 Å². The van der Waals surface area contributed by atoms with Gasteiger partial charge in [0.2, 0.25) is 11.8 Å². The summed E-state index contributed by atoms with van der Waals surface area (Å²) in [5.74, 6) is -0.807. The van der Waals surface area contributed by atoms with Crippen molar-refractivity contribution in [2.24, 2.45) is 0 Å². The van der Waals surface area contributed by atoms with Crippen molar-refractivity contribution >= 4 is 29.4 Å². The molecule has 202 valence electrons. The maximum atomic E-state index is 14.3. The SMILES string of the molecule is CN(C)CCNC(=O)CN1C(=O)CSC(c2cccc(F)c2)c2c(C(C)(C)C)nn(-c3ccc(F)cc3)c21. The number of hydrogen-bond donors (Lipinski definition) is 1. The van der Waals surface area contributed by atoms with Crippen LogP contribution in [0.3, 0.4) is 0 Å². The number of hydrogen-bond acceptors (Lipinski definition) is 5. The van der Waals surface area contributed by atoms with Crippen LogP contribution in [0.5, 0.6) is 0 Å². The minimum Gasteiger partial charge on any atom is -0.353 e. The molecule has 7 nitrogen and oxygen atoms in total. The van der Waals surface area contributed by atoms with Crippen LogP contribution in [0.2, 0.25) is 0 Å². The summed E-state index contributed by atoms with van der Waals surface area (Å²) in [6.45, 7) is 6.94. The van der Waals surface area contributed by atoms with Crippen LogP contribution in [0.15, 0.2) is 48.5 Å². The lowest BCUT2D eigenvalue weighted by Crippen LogP contribution is -2.43. The predicted molar refractivity (Wildman–Crippen MR) is 147 cm³/mol. The molecule has 0 radical (unpaired) electrons. The molecule has 0 saturated carbocycles. The largest absolute Gasteiger partial charge is 0.353 e.